The fraction of sp³-hybridized carbons (Fsp3) is 0.464. The molecule has 7 nitrogen and oxygen atoms in total. The van der Waals surface area contributed by atoms with E-state index < -0.39 is 12.1 Å². The molecule has 0 aromatic heterocycles. The van der Waals surface area contributed by atoms with Crippen molar-refractivity contribution in [2.45, 2.75) is 57.4 Å². The second kappa shape index (κ2) is 11.4. The lowest BCUT2D eigenvalue weighted by Gasteiger charge is -2.19. The van der Waals surface area contributed by atoms with E-state index in [0.717, 1.165) is 19.3 Å². The zero-order chi connectivity index (χ0) is 24.8. The van der Waals surface area contributed by atoms with Crippen LogP contribution >= 0.6 is 0 Å². The molecule has 7 heteroatoms. The lowest BCUT2D eigenvalue weighted by Crippen LogP contribution is -2.37. The van der Waals surface area contributed by atoms with Crippen molar-refractivity contribution >= 4 is 18.0 Å². The molecule has 2 aliphatic carbocycles. The lowest BCUT2D eigenvalue weighted by molar-refractivity contribution is -0.138. The van der Waals surface area contributed by atoms with Gasteiger partial charge in [-0.1, -0.05) is 61.9 Å². The molecule has 1 fully saturated rings. The summed E-state index contributed by atoms with van der Waals surface area (Å²) in [6.45, 7) is 2.62. The number of carbonyl (C=O) groups is 3. The van der Waals surface area contributed by atoms with Gasteiger partial charge in [-0.05, 0) is 53.4 Å². The molecule has 2 amide bonds. The third kappa shape index (κ3) is 6.21. The minimum atomic E-state index is -0.785. The molecule has 0 radical (unpaired) electrons. The Morgan fingerprint density at radius 3 is 2.31 bits per heavy atom. The molecule has 0 spiro atoms. The first kappa shape index (κ1) is 24.8. The molecule has 3 N–H and O–H groups in total. The largest absolute Gasteiger partial charge is 0.481 e. The SMILES string of the molecule is CCC(CNC(=O)OCC1c2ccccc2-c2ccccc21)CC(=O)NC1CCC(CC(=O)O)C1. The lowest BCUT2D eigenvalue weighted by atomic mass is 9.98. The predicted octanol–water partition coefficient (Wildman–Crippen LogP) is 4.70. The molecule has 2 aromatic carbocycles. The number of ether oxygens (including phenoxy) is 1. The van der Waals surface area contributed by atoms with E-state index >= 15 is 0 Å². The highest BCUT2D eigenvalue weighted by atomic mass is 16.5. The zero-order valence-electron chi connectivity index (χ0n) is 20.2. The molecule has 0 saturated heterocycles. The van der Waals surface area contributed by atoms with Crippen LogP contribution in [0.2, 0.25) is 0 Å². The van der Waals surface area contributed by atoms with E-state index in [-0.39, 0.29) is 42.7 Å². The normalized spacial score (nSPS) is 19.5. The second-order valence-electron chi connectivity index (χ2n) is 9.73. The van der Waals surface area contributed by atoms with Crippen LogP contribution in [0.5, 0.6) is 0 Å². The molecule has 0 heterocycles. The number of alkyl carbamates (subject to hydrolysis) is 1. The van der Waals surface area contributed by atoms with Crippen molar-refractivity contribution in [3.8, 4) is 11.1 Å². The van der Waals surface area contributed by atoms with Gasteiger partial charge in [-0.2, -0.15) is 0 Å². The van der Waals surface area contributed by atoms with Gasteiger partial charge >= 0.3 is 12.1 Å². The average Bonchev–Trinajstić information content (AvgIpc) is 3.41. The zero-order valence-corrected chi connectivity index (χ0v) is 20.2. The molecular weight excluding hydrogens is 444 g/mol. The van der Waals surface area contributed by atoms with Gasteiger partial charge in [0.1, 0.15) is 6.61 Å². The number of fused-ring (bicyclic) bond motifs is 3. The van der Waals surface area contributed by atoms with Gasteiger partial charge in [-0.3, -0.25) is 9.59 Å². The van der Waals surface area contributed by atoms with Gasteiger partial charge in [-0.15, -0.1) is 0 Å². The Kier molecular flexibility index (Phi) is 8.06. The van der Waals surface area contributed by atoms with E-state index in [4.69, 9.17) is 9.84 Å². The molecule has 186 valence electrons. The Morgan fingerprint density at radius 1 is 1.03 bits per heavy atom. The third-order valence-electron chi connectivity index (χ3n) is 7.30. The summed E-state index contributed by atoms with van der Waals surface area (Å²) >= 11 is 0. The fourth-order valence-electron chi connectivity index (χ4n) is 5.43. The fourth-order valence-corrected chi connectivity index (χ4v) is 5.43. The van der Waals surface area contributed by atoms with E-state index in [1.54, 1.807) is 0 Å². The average molecular weight is 479 g/mol. The van der Waals surface area contributed by atoms with Gasteiger partial charge in [0.2, 0.25) is 5.91 Å². The summed E-state index contributed by atoms with van der Waals surface area (Å²) in [4.78, 5) is 35.8. The maximum Gasteiger partial charge on any atom is 0.407 e. The Balaban J connectivity index is 1.22. The van der Waals surface area contributed by atoms with Crippen LogP contribution < -0.4 is 10.6 Å². The maximum absolute atomic E-state index is 12.5. The van der Waals surface area contributed by atoms with Gasteiger partial charge in [0.05, 0.1) is 0 Å². The Hall–Kier alpha value is -3.35. The molecule has 2 aliphatic rings. The molecule has 0 aliphatic heterocycles. The minimum absolute atomic E-state index is 0.00621. The van der Waals surface area contributed by atoms with Crippen molar-refractivity contribution < 1.29 is 24.2 Å². The number of carbonyl (C=O) groups excluding carboxylic acids is 2. The number of hydrogen-bond donors (Lipinski definition) is 3. The van der Waals surface area contributed by atoms with Crippen LogP contribution in [0, 0.1) is 11.8 Å². The molecule has 4 rings (SSSR count). The van der Waals surface area contributed by atoms with Gasteiger partial charge in [0.25, 0.3) is 0 Å². The summed E-state index contributed by atoms with van der Waals surface area (Å²) in [7, 11) is 0. The van der Waals surface area contributed by atoms with Crippen molar-refractivity contribution in [2.24, 2.45) is 11.8 Å². The van der Waals surface area contributed by atoms with Crippen LogP contribution in [0.25, 0.3) is 11.1 Å². The quantitative estimate of drug-likeness (QED) is 0.459. The number of rotatable bonds is 10. The Morgan fingerprint density at radius 2 is 1.69 bits per heavy atom. The van der Waals surface area contributed by atoms with Crippen molar-refractivity contribution in [3.05, 3.63) is 59.7 Å². The molecule has 0 bridgehead atoms. The smallest absolute Gasteiger partial charge is 0.407 e. The first-order chi connectivity index (χ1) is 16.9. The monoisotopic (exact) mass is 478 g/mol. The highest BCUT2D eigenvalue weighted by Gasteiger charge is 2.30. The van der Waals surface area contributed by atoms with E-state index in [9.17, 15) is 14.4 Å². The summed E-state index contributed by atoms with van der Waals surface area (Å²) in [6.07, 6.45) is 3.12. The molecular formula is C28H34N2O5. The van der Waals surface area contributed by atoms with Crippen molar-refractivity contribution in [2.75, 3.05) is 13.2 Å². The third-order valence-corrected chi connectivity index (χ3v) is 7.30. The predicted molar refractivity (Wildman–Crippen MR) is 133 cm³/mol. The van der Waals surface area contributed by atoms with E-state index in [1.165, 1.54) is 22.3 Å². The van der Waals surface area contributed by atoms with Gasteiger partial charge in [-0.25, -0.2) is 4.79 Å². The van der Waals surface area contributed by atoms with Crippen LogP contribution in [0.4, 0.5) is 4.79 Å². The van der Waals surface area contributed by atoms with E-state index in [2.05, 4.69) is 34.9 Å². The molecule has 1 saturated carbocycles. The topological polar surface area (TPSA) is 105 Å². The number of nitrogens with one attached hydrogen (secondary N) is 2. The minimum Gasteiger partial charge on any atom is -0.481 e. The summed E-state index contributed by atoms with van der Waals surface area (Å²) in [6, 6.07) is 16.5. The summed E-state index contributed by atoms with van der Waals surface area (Å²) in [5.74, 6) is -0.682. The number of amides is 2. The Bertz CT molecular complexity index is 1020. The second-order valence-corrected chi connectivity index (χ2v) is 9.73. The standard InChI is InChI=1S/C28H34N2O5/c1-2-18(14-26(31)30-20-12-11-19(13-20)15-27(32)33)16-29-28(34)35-17-25-23-9-5-3-7-21(23)22-8-4-6-10-24(22)25/h3-10,18-20,25H,2,11-17H2,1H3,(H,29,34)(H,30,31)(H,32,33). The van der Waals surface area contributed by atoms with Crippen molar-refractivity contribution in [3.63, 3.8) is 0 Å². The van der Waals surface area contributed by atoms with Gasteiger partial charge in [0.15, 0.2) is 0 Å². The van der Waals surface area contributed by atoms with Crippen LogP contribution in [0.3, 0.4) is 0 Å². The number of carboxylic acids is 1. The molecule has 35 heavy (non-hydrogen) atoms. The molecule has 2 aromatic rings. The van der Waals surface area contributed by atoms with Crippen LogP contribution in [-0.4, -0.2) is 42.3 Å². The van der Waals surface area contributed by atoms with Crippen LogP contribution in [-0.2, 0) is 14.3 Å². The molecule has 3 unspecified atom stereocenters. The number of aliphatic carboxylic acids is 1. The van der Waals surface area contributed by atoms with Crippen LogP contribution in [0.15, 0.2) is 48.5 Å². The molecule has 3 atom stereocenters. The Labute approximate surface area is 206 Å². The first-order valence-corrected chi connectivity index (χ1v) is 12.5. The first-order valence-electron chi connectivity index (χ1n) is 12.5. The van der Waals surface area contributed by atoms with E-state index in [0.29, 0.717) is 19.4 Å². The number of carboxylic acid groups (broad SMARTS) is 1. The summed E-state index contributed by atoms with van der Waals surface area (Å²) in [5.41, 5.74) is 4.71. The van der Waals surface area contributed by atoms with E-state index in [1.807, 2.05) is 31.2 Å². The highest BCUT2D eigenvalue weighted by Crippen LogP contribution is 2.44. The highest BCUT2D eigenvalue weighted by molar-refractivity contribution is 5.79. The summed E-state index contributed by atoms with van der Waals surface area (Å²) < 4.78 is 5.59. The van der Waals surface area contributed by atoms with Crippen LogP contribution in [0.1, 0.15) is 62.5 Å². The van der Waals surface area contributed by atoms with Crippen molar-refractivity contribution in [1.82, 2.24) is 10.6 Å². The number of hydrogen-bond acceptors (Lipinski definition) is 4. The maximum atomic E-state index is 12.5. The number of benzene rings is 2. The summed E-state index contributed by atoms with van der Waals surface area (Å²) in [5, 5.41) is 14.8. The van der Waals surface area contributed by atoms with Crippen molar-refractivity contribution in [1.29, 1.82) is 0 Å². The van der Waals surface area contributed by atoms with Gasteiger partial charge < -0.3 is 20.5 Å². The van der Waals surface area contributed by atoms with Gasteiger partial charge in [0, 0.05) is 31.3 Å².